The van der Waals surface area contributed by atoms with E-state index in [1.807, 2.05) is 67.6 Å². The number of nitrogens with zero attached hydrogens (tertiary/aromatic N) is 2. The maximum absolute atomic E-state index is 13.1. The summed E-state index contributed by atoms with van der Waals surface area (Å²) < 4.78 is 0. The SMILES string of the molecule is Cc1cccc(C(C)C)c1NC(=O)/C(C#N)=C\N(c1ccccc1)c1ccc(N)cc1. The first-order valence-electron chi connectivity index (χ1n) is 10.1. The molecule has 3 rings (SSSR count). The topological polar surface area (TPSA) is 82.2 Å². The minimum Gasteiger partial charge on any atom is -0.399 e. The van der Waals surface area contributed by atoms with Gasteiger partial charge in [-0.05, 0) is 60.4 Å². The fourth-order valence-electron chi connectivity index (χ4n) is 3.31. The van der Waals surface area contributed by atoms with Gasteiger partial charge >= 0.3 is 0 Å². The number of aryl methyl sites for hydroxylation is 1. The highest BCUT2D eigenvalue weighted by Gasteiger charge is 2.17. The van der Waals surface area contributed by atoms with Crippen molar-refractivity contribution in [2.75, 3.05) is 16.0 Å². The average molecular weight is 411 g/mol. The quantitative estimate of drug-likeness (QED) is 0.302. The van der Waals surface area contributed by atoms with Crippen LogP contribution in [0.5, 0.6) is 0 Å². The molecule has 0 saturated heterocycles. The number of benzene rings is 3. The van der Waals surface area contributed by atoms with Crippen molar-refractivity contribution in [2.24, 2.45) is 0 Å². The number of amides is 1. The van der Waals surface area contributed by atoms with Gasteiger partial charge in [-0.2, -0.15) is 5.26 Å². The van der Waals surface area contributed by atoms with E-state index >= 15 is 0 Å². The van der Waals surface area contributed by atoms with Crippen LogP contribution in [0.3, 0.4) is 0 Å². The van der Waals surface area contributed by atoms with E-state index < -0.39 is 5.91 Å². The second kappa shape index (κ2) is 9.64. The fourth-order valence-corrected chi connectivity index (χ4v) is 3.31. The monoisotopic (exact) mass is 410 g/mol. The second-order valence-electron chi connectivity index (χ2n) is 7.60. The maximum Gasteiger partial charge on any atom is 0.267 e. The third-order valence-electron chi connectivity index (χ3n) is 4.99. The largest absolute Gasteiger partial charge is 0.399 e. The first-order valence-corrected chi connectivity index (χ1v) is 10.1. The predicted octanol–water partition coefficient (Wildman–Crippen LogP) is 5.88. The van der Waals surface area contributed by atoms with Gasteiger partial charge in [0, 0.05) is 28.9 Å². The number of rotatable bonds is 6. The fraction of sp³-hybridized carbons (Fsp3) is 0.154. The number of nitrogens with one attached hydrogen (secondary N) is 1. The van der Waals surface area contributed by atoms with Gasteiger partial charge in [-0.25, -0.2) is 0 Å². The summed E-state index contributed by atoms with van der Waals surface area (Å²) in [4.78, 5) is 14.9. The number of carbonyl (C=O) groups excluding carboxylic acids is 1. The van der Waals surface area contributed by atoms with Crippen molar-refractivity contribution in [3.63, 3.8) is 0 Å². The zero-order valence-electron chi connectivity index (χ0n) is 18.0. The molecule has 0 fully saturated rings. The lowest BCUT2D eigenvalue weighted by atomic mass is 9.98. The van der Waals surface area contributed by atoms with E-state index in [1.54, 1.807) is 23.2 Å². The molecule has 5 heteroatoms. The Morgan fingerprint density at radius 2 is 1.65 bits per heavy atom. The molecule has 0 atom stereocenters. The van der Waals surface area contributed by atoms with Crippen LogP contribution in [0.25, 0.3) is 0 Å². The summed E-state index contributed by atoms with van der Waals surface area (Å²) in [6, 6.07) is 24.8. The minimum atomic E-state index is -0.449. The molecule has 0 bridgehead atoms. The van der Waals surface area contributed by atoms with Gasteiger partial charge in [0.05, 0.1) is 0 Å². The maximum atomic E-state index is 13.1. The van der Waals surface area contributed by atoms with Crippen LogP contribution in [0.1, 0.15) is 30.9 Å². The van der Waals surface area contributed by atoms with E-state index in [4.69, 9.17) is 5.73 Å². The predicted molar refractivity (Wildman–Crippen MR) is 127 cm³/mol. The molecule has 1 amide bonds. The van der Waals surface area contributed by atoms with E-state index in [2.05, 4.69) is 25.2 Å². The molecule has 156 valence electrons. The van der Waals surface area contributed by atoms with Crippen LogP contribution in [0.4, 0.5) is 22.7 Å². The Bertz CT molecular complexity index is 1130. The van der Waals surface area contributed by atoms with Crippen molar-refractivity contribution in [3.8, 4) is 6.07 Å². The molecule has 3 aromatic carbocycles. The summed E-state index contributed by atoms with van der Waals surface area (Å²) in [6.07, 6.45) is 1.56. The van der Waals surface area contributed by atoms with Crippen molar-refractivity contribution in [2.45, 2.75) is 26.7 Å². The molecule has 0 aliphatic rings. The standard InChI is InChI=1S/C26H26N4O/c1-18(2)24-11-7-8-19(3)25(24)29-26(31)20(16-27)17-30(22-9-5-4-6-10-22)23-14-12-21(28)13-15-23/h4-15,17-18H,28H2,1-3H3,(H,29,31)/b20-17-. The smallest absolute Gasteiger partial charge is 0.267 e. The first kappa shape index (κ1) is 21.7. The summed E-state index contributed by atoms with van der Waals surface area (Å²) in [6.45, 7) is 6.09. The molecule has 5 nitrogen and oxygen atoms in total. The number of nitriles is 1. The molecule has 3 aromatic rings. The minimum absolute atomic E-state index is 0.00126. The molecule has 0 saturated carbocycles. The Kier molecular flexibility index (Phi) is 6.74. The lowest BCUT2D eigenvalue weighted by molar-refractivity contribution is -0.112. The number of carbonyl (C=O) groups is 1. The summed E-state index contributed by atoms with van der Waals surface area (Å²) in [5.74, 6) is -0.213. The number of hydrogen-bond donors (Lipinski definition) is 2. The van der Waals surface area contributed by atoms with Crippen molar-refractivity contribution in [1.82, 2.24) is 0 Å². The van der Waals surface area contributed by atoms with Crippen LogP contribution in [0, 0.1) is 18.3 Å². The van der Waals surface area contributed by atoms with E-state index in [9.17, 15) is 10.1 Å². The van der Waals surface area contributed by atoms with Crippen molar-refractivity contribution < 1.29 is 4.79 Å². The first-order chi connectivity index (χ1) is 14.9. The third kappa shape index (κ3) is 5.12. The van der Waals surface area contributed by atoms with E-state index in [-0.39, 0.29) is 11.5 Å². The van der Waals surface area contributed by atoms with Gasteiger partial charge in [0.1, 0.15) is 11.6 Å². The van der Waals surface area contributed by atoms with Crippen LogP contribution in [-0.4, -0.2) is 5.91 Å². The molecule has 0 spiro atoms. The molecule has 3 N–H and O–H groups in total. The zero-order valence-corrected chi connectivity index (χ0v) is 18.0. The number of para-hydroxylation sites is 2. The Morgan fingerprint density at radius 1 is 1.00 bits per heavy atom. The van der Waals surface area contributed by atoms with Crippen LogP contribution in [-0.2, 0) is 4.79 Å². The number of hydrogen-bond acceptors (Lipinski definition) is 4. The highest BCUT2D eigenvalue weighted by Crippen LogP contribution is 2.29. The molecule has 0 aliphatic heterocycles. The molecule has 0 aromatic heterocycles. The van der Waals surface area contributed by atoms with E-state index in [0.717, 1.165) is 28.2 Å². The molecule has 31 heavy (non-hydrogen) atoms. The summed E-state index contributed by atoms with van der Waals surface area (Å²) in [7, 11) is 0. The molecule has 0 unspecified atom stereocenters. The molecular weight excluding hydrogens is 384 g/mol. The van der Waals surface area contributed by atoms with Crippen LogP contribution in [0.15, 0.2) is 84.6 Å². The lowest BCUT2D eigenvalue weighted by Crippen LogP contribution is -2.19. The van der Waals surface area contributed by atoms with E-state index in [1.165, 1.54) is 0 Å². The molecule has 0 heterocycles. The summed E-state index contributed by atoms with van der Waals surface area (Å²) in [5, 5.41) is 12.7. The Labute approximate surface area is 183 Å². The highest BCUT2D eigenvalue weighted by molar-refractivity contribution is 6.07. The zero-order chi connectivity index (χ0) is 22.4. The number of anilines is 4. The Hall–Kier alpha value is -4.04. The third-order valence-corrected chi connectivity index (χ3v) is 4.99. The Balaban J connectivity index is 2.00. The number of nitrogen functional groups attached to an aromatic ring is 1. The summed E-state index contributed by atoms with van der Waals surface area (Å²) in [5.41, 5.74) is 10.8. The normalized spacial score (nSPS) is 11.1. The van der Waals surface area contributed by atoms with Gasteiger partial charge in [0.15, 0.2) is 0 Å². The van der Waals surface area contributed by atoms with Crippen LogP contribution < -0.4 is 16.0 Å². The Morgan fingerprint density at radius 3 is 2.26 bits per heavy atom. The average Bonchev–Trinajstić information content (AvgIpc) is 2.77. The lowest BCUT2D eigenvalue weighted by Gasteiger charge is -2.22. The highest BCUT2D eigenvalue weighted by atomic mass is 16.1. The van der Waals surface area contributed by atoms with Gasteiger partial charge in [-0.1, -0.05) is 50.2 Å². The molecule has 0 aliphatic carbocycles. The molecular formula is C26H26N4O. The second-order valence-corrected chi connectivity index (χ2v) is 7.60. The van der Waals surface area contributed by atoms with Crippen LogP contribution in [0.2, 0.25) is 0 Å². The van der Waals surface area contributed by atoms with Crippen LogP contribution >= 0.6 is 0 Å². The van der Waals surface area contributed by atoms with E-state index in [0.29, 0.717) is 5.69 Å². The molecule has 0 radical (unpaired) electrons. The van der Waals surface area contributed by atoms with Crippen molar-refractivity contribution in [1.29, 1.82) is 5.26 Å². The van der Waals surface area contributed by atoms with Crippen molar-refractivity contribution >= 4 is 28.7 Å². The van der Waals surface area contributed by atoms with Crippen molar-refractivity contribution in [3.05, 3.63) is 95.7 Å². The van der Waals surface area contributed by atoms with Gasteiger partial charge in [-0.15, -0.1) is 0 Å². The summed E-state index contributed by atoms with van der Waals surface area (Å²) >= 11 is 0. The van der Waals surface area contributed by atoms with Gasteiger partial charge in [-0.3, -0.25) is 4.79 Å². The van der Waals surface area contributed by atoms with Gasteiger partial charge in [0.2, 0.25) is 0 Å². The van der Waals surface area contributed by atoms with Gasteiger partial charge < -0.3 is 16.0 Å². The number of nitrogens with two attached hydrogens (primary N) is 1. The van der Waals surface area contributed by atoms with Gasteiger partial charge in [0.25, 0.3) is 5.91 Å².